The van der Waals surface area contributed by atoms with Crippen LogP contribution in [0.15, 0.2) is 24.3 Å². The molecule has 2 aromatic rings. The van der Waals surface area contributed by atoms with E-state index < -0.39 is 0 Å². The standard InChI is InChI=1S/C18H24N6O3.ClH/c1-11-7-14(24(4)23(11)3)18(26)22-9-13-6-5-12(17(19)20)8-15(13)27-10-16(25)21-2;/h5-8H,9-10H2,1-4H3,(H4-,19,20,21,22,25,26);1H/p+1. The Morgan fingerprint density at radius 2 is 2.00 bits per heavy atom. The second-order valence-electron chi connectivity index (χ2n) is 6.10. The van der Waals surface area contributed by atoms with Crippen LogP contribution in [0.1, 0.15) is 27.3 Å². The van der Waals surface area contributed by atoms with Crippen molar-refractivity contribution in [2.75, 3.05) is 13.7 Å². The lowest BCUT2D eigenvalue weighted by molar-refractivity contribution is -0.753. The van der Waals surface area contributed by atoms with Crippen molar-refractivity contribution < 1.29 is 19.0 Å². The van der Waals surface area contributed by atoms with Crippen LogP contribution in [0.4, 0.5) is 0 Å². The van der Waals surface area contributed by atoms with Crippen molar-refractivity contribution >= 4 is 30.1 Å². The highest BCUT2D eigenvalue weighted by atomic mass is 35.5. The van der Waals surface area contributed by atoms with Crippen molar-refractivity contribution in [3.8, 4) is 5.75 Å². The lowest BCUT2D eigenvalue weighted by Gasteiger charge is -2.13. The van der Waals surface area contributed by atoms with Crippen LogP contribution in [0.2, 0.25) is 0 Å². The van der Waals surface area contributed by atoms with Gasteiger partial charge in [0, 0.05) is 30.8 Å². The molecule has 28 heavy (non-hydrogen) atoms. The quantitative estimate of drug-likeness (QED) is 0.290. The summed E-state index contributed by atoms with van der Waals surface area (Å²) in [5.41, 5.74) is 8.16. The zero-order valence-corrected chi connectivity index (χ0v) is 17.1. The molecule has 0 saturated carbocycles. The molecule has 152 valence electrons. The normalized spacial score (nSPS) is 10.0. The third-order valence-electron chi connectivity index (χ3n) is 4.34. The maximum absolute atomic E-state index is 12.5. The number of hydrogen-bond donors (Lipinski definition) is 4. The number of nitrogen functional groups attached to an aromatic ring is 1. The largest absolute Gasteiger partial charge is 0.483 e. The highest BCUT2D eigenvalue weighted by Crippen LogP contribution is 2.20. The predicted octanol–water partition coefficient (Wildman–Crippen LogP) is -0.0813. The number of ether oxygens (including phenoxy) is 1. The van der Waals surface area contributed by atoms with E-state index in [0.29, 0.717) is 22.6 Å². The first-order chi connectivity index (χ1) is 12.7. The summed E-state index contributed by atoms with van der Waals surface area (Å²) in [5.74, 6) is -0.235. The number of nitrogens with one attached hydrogen (secondary N) is 3. The fourth-order valence-electron chi connectivity index (χ4n) is 2.48. The van der Waals surface area contributed by atoms with E-state index in [2.05, 4.69) is 10.6 Å². The number of hydrogen-bond acceptors (Lipinski definition) is 4. The molecule has 0 aliphatic rings. The van der Waals surface area contributed by atoms with Gasteiger partial charge in [0.2, 0.25) is 0 Å². The van der Waals surface area contributed by atoms with E-state index >= 15 is 0 Å². The summed E-state index contributed by atoms with van der Waals surface area (Å²) >= 11 is 0. The number of aryl methyl sites for hydroxylation is 1. The number of carbonyl (C=O) groups excluding carboxylic acids is 2. The van der Waals surface area contributed by atoms with Crippen LogP contribution in [-0.2, 0) is 25.4 Å². The van der Waals surface area contributed by atoms with Gasteiger partial charge in [-0.3, -0.25) is 15.0 Å². The summed E-state index contributed by atoms with van der Waals surface area (Å²) in [5, 5.41) is 12.9. The van der Waals surface area contributed by atoms with E-state index in [1.54, 1.807) is 28.9 Å². The molecule has 0 aliphatic heterocycles. The summed E-state index contributed by atoms with van der Waals surface area (Å²) in [6, 6.07) is 6.77. The van der Waals surface area contributed by atoms with Crippen LogP contribution < -0.4 is 25.8 Å². The Morgan fingerprint density at radius 1 is 1.32 bits per heavy atom. The topological polar surface area (TPSA) is 126 Å². The highest BCUT2D eigenvalue weighted by molar-refractivity contribution is 5.95. The van der Waals surface area contributed by atoms with Gasteiger partial charge in [-0.05, 0) is 13.0 Å². The molecule has 0 fully saturated rings. The minimum Gasteiger partial charge on any atom is -0.483 e. The van der Waals surface area contributed by atoms with E-state index in [-0.39, 0.29) is 43.2 Å². The molecule has 2 amide bonds. The molecule has 0 aliphatic carbocycles. The predicted molar refractivity (Wildman–Crippen MR) is 107 cm³/mol. The third-order valence-corrected chi connectivity index (χ3v) is 4.34. The number of benzene rings is 1. The lowest BCUT2D eigenvalue weighted by atomic mass is 10.1. The van der Waals surface area contributed by atoms with Crippen LogP contribution >= 0.6 is 12.4 Å². The van der Waals surface area contributed by atoms with E-state index in [1.807, 2.05) is 25.7 Å². The summed E-state index contributed by atoms with van der Waals surface area (Å²) in [4.78, 5) is 24.0. The molecule has 1 aromatic carbocycles. The molecule has 2 rings (SSSR count). The summed E-state index contributed by atoms with van der Waals surface area (Å²) < 4.78 is 9.17. The SMILES string of the molecule is CNC(=O)COc1cc(C(=N)N)ccc1CNC(=O)c1cc(C)n(C)[n+]1C.Cl. The van der Waals surface area contributed by atoms with Gasteiger partial charge < -0.3 is 21.1 Å². The van der Waals surface area contributed by atoms with Crippen LogP contribution in [0.3, 0.4) is 0 Å². The Labute approximate surface area is 169 Å². The third kappa shape index (κ3) is 5.23. The number of carbonyl (C=O) groups is 2. The average molecular weight is 410 g/mol. The number of rotatable bonds is 7. The number of amidine groups is 1. The van der Waals surface area contributed by atoms with Gasteiger partial charge in [0.15, 0.2) is 13.7 Å². The minimum absolute atomic E-state index is 0. The maximum atomic E-state index is 12.5. The van der Waals surface area contributed by atoms with E-state index in [1.165, 1.54) is 7.05 Å². The van der Waals surface area contributed by atoms with E-state index in [0.717, 1.165) is 5.69 Å². The van der Waals surface area contributed by atoms with Crippen LogP contribution in [0, 0.1) is 12.3 Å². The monoisotopic (exact) mass is 409 g/mol. The van der Waals surface area contributed by atoms with Crippen LogP contribution in [-0.4, -0.2) is 36.0 Å². The van der Waals surface area contributed by atoms with Gasteiger partial charge in [0.25, 0.3) is 11.6 Å². The molecule has 0 bridgehead atoms. The number of aromatic nitrogens is 2. The molecule has 0 saturated heterocycles. The van der Waals surface area contributed by atoms with E-state index in [9.17, 15) is 9.59 Å². The first kappa shape index (κ1) is 23.0. The number of halogens is 1. The van der Waals surface area contributed by atoms with Crippen molar-refractivity contribution in [2.45, 2.75) is 13.5 Å². The Kier molecular flexibility index (Phi) is 8.00. The van der Waals surface area contributed by atoms with Crippen LogP contribution in [0.25, 0.3) is 0 Å². The number of likely N-dealkylation sites (N-methyl/N-ethyl adjacent to an activating group) is 1. The fraction of sp³-hybridized carbons (Fsp3) is 0.333. The van der Waals surface area contributed by atoms with Gasteiger partial charge in [-0.2, -0.15) is 4.68 Å². The van der Waals surface area contributed by atoms with Crippen molar-refractivity contribution in [2.24, 2.45) is 19.8 Å². The molecule has 1 heterocycles. The first-order valence-electron chi connectivity index (χ1n) is 8.36. The molecule has 0 unspecified atom stereocenters. The van der Waals surface area contributed by atoms with Gasteiger partial charge in [0.1, 0.15) is 11.6 Å². The summed E-state index contributed by atoms with van der Waals surface area (Å²) in [7, 11) is 5.19. The Bertz CT molecular complexity index is 894. The number of nitrogens with two attached hydrogens (primary N) is 1. The smallest absolute Gasteiger partial charge is 0.318 e. The molecule has 0 radical (unpaired) electrons. The number of nitrogens with zero attached hydrogens (tertiary/aromatic N) is 2. The second kappa shape index (κ2) is 9.75. The van der Waals surface area contributed by atoms with E-state index in [4.69, 9.17) is 15.9 Å². The van der Waals surface area contributed by atoms with Gasteiger partial charge in [-0.1, -0.05) is 12.1 Å². The van der Waals surface area contributed by atoms with Crippen molar-refractivity contribution in [3.05, 3.63) is 46.8 Å². The maximum Gasteiger partial charge on any atom is 0.318 e. The Hall–Kier alpha value is -3.07. The summed E-state index contributed by atoms with van der Waals surface area (Å²) in [6.45, 7) is 1.95. The minimum atomic E-state index is -0.287. The van der Waals surface area contributed by atoms with Gasteiger partial charge in [-0.25, -0.2) is 0 Å². The lowest BCUT2D eigenvalue weighted by Crippen LogP contribution is -2.45. The second-order valence-corrected chi connectivity index (χ2v) is 6.10. The highest BCUT2D eigenvalue weighted by Gasteiger charge is 2.22. The Morgan fingerprint density at radius 3 is 2.54 bits per heavy atom. The zero-order valence-electron chi connectivity index (χ0n) is 16.3. The average Bonchev–Trinajstić information content (AvgIpc) is 2.91. The molecule has 9 nitrogen and oxygen atoms in total. The molecule has 5 N–H and O–H groups in total. The van der Waals surface area contributed by atoms with Gasteiger partial charge in [0.05, 0.1) is 12.7 Å². The van der Waals surface area contributed by atoms with Crippen LogP contribution in [0.5, 0.6) is 5.75 Å². The van der Waals surface area contributed by atoms with Gasteiger partial charge in [-0.15, -0.1) is 17.1 Å². The molecule has 0 spiro atoms. The van der Waals surface area contributed by atoms with Crippen molar-refractivity contribution in [1.82, 2.24) is 15.3 Å². The number of amides is 2. The molecule has 1 aromatic heterocycles. The molecule has 0 atom stereocenters. The molecule has 10 heteroatoms. The van der Waals surface area contributed by atoms with Gasteiger partial charge >= 0.3 is 5.91 Å². The first-order valence-corrected chi connectivity index (χ1v) is 8.36. The Balaban J connectivity index is 0.00000392. The van der Waals surface area contributed by atoms with Crippen molar-refractivity contribution in [1.29, 1.82) is 5.41 Å². The zero-order chi connectivity index (χ0) is 20.1. The summed E-state index contributed by atoms with van der Waals surface area (Å²) in [6.07, 6.45) is 0. The molecular formula is C18H26ClN6O3+. The fourth-order valence-corrected chi connectivity index (χ4v) is 2.48. The molecular weight excluding hydrogens is 384 g/mol. The van der Waals surface area contributed by atoms with Crippen molar-refractivity contribution in [3.63, 3.8) is 0 Å².